The van der Waals surface area contributed by atoms with Gasteiger partial charge in [-0.05, 0) is 19.4 Å². The van der Waals surface area contributed by atoms with Crippen molar-refractivity contribution in [3.8, 4) is 0 Å². The number of carbonyl (C=O) groups is 1. The molecule has 2 atom stereocenters. The smallest absolute Gasteiger partial charge is 0.177 e. The summed E-state index contributed by atoms with van der Waals surface area (Å²) in [6, 6.07) is 9.15. The van der Waals surface area contributed by atoms with Gasteiger partial charge >= 0.3 is 0 Å². The Morgan fingerprint density at radius 1 is 1.33 bits per heavy atom. The largest absolute Gasteiger partial charge is 0.374 e. The zero-order chi connectivity index (χ0) is 13.4. The lowest BCUT2D eigenvalue weighted by Gasteiger charge is -2.19. The van der Waals surface area contributed by atoms with Gasteiger partial charge in [0.2, 0.25) is 0 Å². The maximum absolute atomic E-state index is 11.6. The SMILES string of the molecule is CCOCC(=O)[C@H](N)[C@H](C)OCc1ccccc1. The van der Waals surface area contributed by atoms with Gasteiger partial charge in [0.1, 0.15) is 6.61 Å². The average molecular weight is 251 g/mol. The molecule has 1 aromatic rings. The van der Waals surface area contributed by atoms with Crippen LogP contribution < -0.4 is 5.73 Å². The van der Waals surface area contributed by atoms with Crippen molar-refractivity contribution in [2.45, 2.75) is 32.6 Å². The van der Waals surface area contributed by atoms with Gasteiger partial charge in [-0.2, -0.15) is 0 Å². The van der Waals surface area contributed by atoms with Crippen molar-refractivity contribution in [1.82, 2.24) is 0 Å². The van der Waals surface area contributed by atoms with E-state index in [1.165, 1.54) is 0 Å². The highest BCUT2D eigenvalue weighted by Crippen LogP contribution is 2.05. The van der Waals surface area contributed by atoms with Gasteiger partial charge < -0.3 is 15.2 Å². The summed E-state index contributed by atoms with van der Waals surface area (Å²) in [6.45, 7) is 4.66. The summed E-state index contributed by atoms with van der Waals surface area (Å²) in [5, 5.41) is 0. The van der Waals surface area contributed by atoms with Crippen molar-refractivity contribution < 1.29 is 14.3 Å². The van der Waals surface area contributed by atoms with Crippen molar-refractivity contribution in [3.63, 3.8) is 0 Å². The van der Waals surface area contributed by atoms with Crippen LogP contribution in [-0.2, 0) is 20.9 Å². The van der Waals surface area contributed by atoms with E-state index in [4.69, 9.17) is 15.2 Å². The molecule has 0 aliphatic heterocycles. The van der Waals surface area contributed by atoms with Crippen molar-refractivity contribution in [2.24, 2.45) is 5.73 Å². The van der Waals surface area contributed by atoms with E-state index in [1.807, 2.05) is 37.3 Å². The fourth-order valence-corrected chi connectivity index (χ4v) is 1.47. The fraction of sp³-hybridized carbons (Fsp3) is 0.500. The monoisotopic (exact) mass is 251 g/mol. The van der Waals surface area contributed by atoms with Gasteiger partial charge in [-0.25, -0.2) is 0 Å². The van der Waals surface area contributed by atoms with Crippen LogP contribution in [0.4, 0.5) is 0 Å². The number of rotatable bonds is 8. The molecule has 0 radical (unpaired) electrons. The summed E-state index contributed by atoms with van der Waals surface area (Å²) in [5.41, 5.74) is 6.87. The van der Waals surface area contributed by atoms with Crippen LogP contribution in [0.5, 0.6) is 0 Å². The van der Waals surface area contributed by atoms with Crippen molar-refractivity contribution in [1.29, 1.82) is 0 Å². The van der Waals surface area contributed by atoms with Crippen molar-refractivity contribution in [2.75, 3.05) is 13.2 Å². The number of Topliss-reactive ketones (excluding diaryl/α,β-unsaturated/α-hetero) is 1. The van der Waals surface area contributed by atoms with E-state index >= 15 is 0 Å². The molecule has 0 unspecified atom stereocenters. The van der Waals surface area contributed by atoms with E-state index in [0.29, 0.717) is 13.2 Å². The molecule has 1 rings (SSSR count). The van der Waals surface area contributed by atoms with Crippen LogP contribution in [0.15, 0.2) is 30.3 Å². The van der Waals surface area contributed by atoms with Crippen LogP contribution >= 0.6 is 0 Å². The molecular weight excluding hydrogens is 230 g/mol. The zero-order valence-corrected chi connectivity index (χ0v) is 11.0. The first-order valence-electron chi connectivity index (χ1n) is 6.16. The number of benzene rings is 1. The third-order valence-electron chi connectivity index (χ3n) is 2.68. The Kier molecular flexibility index (Phi) is 6.57. The third-order valence-corrected chi connectivity index (χ3v) is 2.68. The molecule has 100 valence electrons. The van der Waals surface area contributed by atoms with Gasteiger partial charge in [-0.1, -0.05) is 30.3 Å². The number of ether oxygens (including phenoxy) is 2. The number of hydrogen-bond acceptors (Lipinski definition) is 4. The molecule has 18 heavy (non-hydrogen) atoms. The summed E-state index contributed by atoms with van der Waals surface area (Å²) in [6.07, 6.45) is -0.321. The van der Waals surface area contributed by atoms with Crippen LogP contribution in [0.3, 0.4) is 0 Å². The number of nitrogens with two attached hydrogens (primary N) is 1. The lowest BCUT2D eigenvalue weighted by molar-refractivity contribution is -0.128. The Morgan fingerprint density at radius 3 is 2.61 bits per heavy atom. The summed E-state index contributed by atoms with van der Waals surface area (Å²) >= 11 is 0. The Balaban J connectivity index is 2.35. The normalized spacial score (nSPS) is 14.2. The summed E-state index contributed by atoms with van der Waals surface area (Å²) in [4.78, 5) is 11.6. The molecule has 0 fully saturated rings. The first-order chi connectivity index (χ1) is 8.65. The topological polar surface area (TPSA) is 61.5 Å². The third kappa shape index (κ3) is 4.96. The average Bonchev–Trinajstić information content (AvgIpc) is 2.42. The van der Waals surface area contributed by atoms with E-state index in [1.54, 1.807) is 6.92 Å². The molecule has 0 spiro atoms. The molecule has 0 aromatic heterocycles. The summed E-state index contributed by atoms with van der Waals surface area (Å²) < 4.78 is 10.6. The first kappa shape index (κ1) is 14.8. The van der Waals surface area contributed by atoms with Gasteiger partial charge in [0.25, 0.3) is 0 Å². The maximum Gasteiger partial charge on any atom is 0.177 e. The molecule has 1 aromatic carbocycles. The molecule has 0 saturated heterocycles. The summed E-state index contributed by atoms with van der Waals surface area (Å²) in [5.74, 6) is -0.127. The predicted molar refractivity (Wildman–Crippen MR) is 70.2 cm³/mol. The van der Waals surface area contributed by atoms with Gasteiger partial charge in [0.15, 0.2) is 5.78 Å². The van der Waals surface area contributed by atoms with Crippen molar-refractivity contribution in [3.05, 3.63) is 35.9 Å². The molecule has 0 aliphatic rings. The van der Waals surface area contributed by atoms with E-state index in [-0.39, 0.29) is 18.5 Å². The second-order valence-electron chi connectivity index (χ2n) is 4.13. The molecule has 4 nitrogen and oxygen atoms in total. The zero-order valence-electron chi connectivity index (χ0n) is 11.0. The number of hydrogen-bond donors (Lipinski definition) is 1. The molecule has 0 bridgehead atoms. The van der Waals surface area contributed by atoms with E-state index in [0.717, 1.165) is 5.56 Å². The Morgan fingerprint density at radius 2 is 2.00 bits per heavy atom. The number of carbonyl (C=O) groups excluding carboxylic acids is 1. The minimum absolute atomic E-state index is 0.0523. The molecule has 0 aliphatic carbocycles. The van der Waals surface area contributed by atoms with E-state index in [9.17, 15) is 4.79 Å². The van der Waals surface area contributed by atoms with Gasteiger partial charge in [0, 0.05) is 6.61 Å². The van der Waals surface area contributed by atoms with Crippen molar-refractivity contribution >= 4 is 5.78 Å². The molecule has 4 heteroatoms. The summed E-state index contributed by atoms with van der Waals surface area (Å²) in [7, 11) is 0. The highest BCUT2D eigenvalue weighted by Gasteiger charge is 2.21. The predicted octanol–water partition coefficient (Wildman–Crippen LogP) is 1.52. The second-order valence-corrected chi connectivity index (χ2v) is 4.13. The van der Waals surface area contributed by atoms with Gasteiger partial charge in [-0.3, -0.25) is 4.79 Å². The molecule has 0 amide bonds. The minimum atomic E-state index is -0.639. The molecular formula is C14H21NO3. The second kappa shape index (κ2) is 7.97. The standard InChI is InChI=1S/C14H21NO3/c1-3-17-10-13(16)14(15)11(2)18-9-12-7-5-4-6-8-12/h4-8,11,14H,3,9-10,15H2,1-2H3/t11-,14+/m0/s1. The van der Waals surface area contributed by atoms with E-state index in [2.05, 4.69) is 0 Å². The number of ketones is 1. The molecule has 0 saturated carbocycles. The minimum Gasteiger partial charge on any atom is -0.374 e. The Hall–Kier alpha value is -1.23. The molecule has 2 N–H and O–H groups in total. The highest BCUT2D eigenvalue weighted by molar-refractivity contribution is 5.85. The quantitative estimate of drug-likeness (QED) is 0.761. The van der Waals surface area contributed by atoms with Gasteiger partial charge in [-0.15, -0.1) is 0 Å². The van der Waals surface area contributed by atoms with Gasteiger partial charge in [0.05, 0.1) is 18.8 Å². The van der Waals surface area contributed by atoms with Crippen LogP contribution in [0.2, 0.25) is 0 Å². The highest BCUT2D eigenvalue weighted by atomic mass is 16.5. The van der Waals surface area contributed by atoms with Crippen LogP contribution in [0, 0.1) is 0 Å². The Bertz CT molecular complexity index is 353. The fourth-order valence-electron chi connectivity index (χ4n) is 1.47. The lowest BCUT2D eigenvalue weighted by atomic mass is 10.1. The maximum atomic E-state index is 11.6. The Labute approximate surface area is 108 Å². The lowest BCUT2D eigenvalue weighted by Crippen LogP contribution is -2.43. The first-order valence-corrected chi connectivity index (χ1v) is 6.16. The van der Waals surface area contributed by atoms with Crippen LogP contribution in [0.25, 0.3) is 0 Å². The van der Waals surface area contributed by atoms with Crippen LogP contribution in [0.1, 0.15) is 19.4 Å². The van der Waals surface area contributed by atoms with E-state index < -0.39 is 6.04 Å². The molecule has 0 heterocycles. The van der Waals surface area contributed by atoms with Crippen LogP contribution in [-0.4, -0.2) is 31.1 Å².